The Balaban J connectivity index is 1.94. The zero-order valence-electron chi connectivity index (χ0n) is 12.3. The van der Waals surface area contributed by atoms with Crippen LogP contribution in [0.3, 0.4) is 0 Å². The minimum absolute atomic E-state index is 0.142. The van der Waals surface area contributed by atoms with Crippen LogP contribution in [-0.2, 0) is 10.0 Å². The maximum atomic E-state index is 12.4. The lowest BCUT2D eigenvalue weighted by Gasteiger charge is -2.37. The fourth-order valence-electron chi connectivity index (χ4n) is 2.44. The van der Waals surface area contributed by atoms with Gasteiger partial charge in [-0.2, -0.15) is 0 Å². The fourth-order valence-corrected chi connectivity index (χ4v) is 3.68. The van der Waals surface area contributed by atoms with Crippen LogP contribution < -0.4 is 4.72 Å². The lowest BCUT2D eigenvalue weighted by Crippen LogP contribution is -2.52. The Morgan fingerprint density at radius 2 is 1.81 bits per heavy atom. The van der Waals surface area contributed by atoms with E-state index in [1.54, 1.807) is 31.2 Å². The van der Waals surface area contributed by atoms with Gasteiger partial charge >= 0.3 is 0 Å². The molecule has 1 saturated heterocycles. The zero-order chi connectivity index (χ0) is 15.3. The van der Waals surface area contributed by atoms with Crippen LogP contribution in [0.2, 0.25) is 0 Å². The second-order valence-electron chi connectivity index (χ2n) is 5.21. The van der Waals surface area contributed by atoms with Crippen molar-refractivity contribution >= 4 is 15.7 Å². The number of piperazine rings is 1. The van der Waals surface area contributed by atoms with Gasteiger partial charge in [0.15, 0.2) is 0 Å². The second-order valence-corrected chi connectivity index (χ2v) is 7.19. The molecule has 2 N–H and O–H groups in total. The number of sulfonamides is 1. The first-order valence-electron chi connectivity index (χ1n) is 7.17. The van der Waals surface area contributed by atoms with Crippen molar-refractivity contribution in [3.05, 3.63) is 30.3 Å². The number of hydrogen-bond donors (Lipinski definition) is 2. The first-order valence-corrected chi connectivity index (χ1v) is 8.71. The molecular formula is C14H23N3O3S. The summed E-state index contributed by atoms with van der Waals surface area (Å²) in [5.74, 6) is 0. The van der Waals surface area contributed by atoms with Crippen molar-refractivity contribution in [2.45, 2.75) is 12.3 Å². The van der Waals surface area contributed by atoms with Gasteiger partial charge < -0.3 is 5.11 Å². The summed E-state index contributed by atoms with van der Waals surface area (Å²) in [7, 11) is -3.43. The Hall–Kier alpha value is -1.15. The average molecular weight is 313 g/mol. The molecule has 2 rings (SSSR count). The van der Waals surface area contributed by atoms with Crippen LogP contribution >= 0.6 is 0 Å². The minimum Gasteiger partial charge on any atom is -0.395 e. The van der Waals surface area contributed by atoms with Crippen molar-refractivity contribution in [3.63, 3.8) is 0 Å². The molecule has 1 aromatic carbocycles. The standard InChI is InChI=1S/C14H23N3O3S/c1-13(17-9-7-16(8-10-17)11-12-18)21(19,20)15-14-5-3-2-4-6-14/h2-6,13,15,18H,7-12H2,1H3. The van der Waals surface area contributed by atoms with E-state index in [2.05, 4.69) is 9.62 Å². The fraction of sp³-hybridized carbons (Fsp3) is 0.571. The number of nitrogens with one attached hydrogen (secondary N) is 1. The lowest BCUT2D eigenvalue weighted by atomic mass is 10.3. The predicted octanol–water partition coefficient (Wildman–Crippen LogP) is 0.384. The summed E-state index contributed by atoms with van der Waals surface area (Å²) in [6.07, 6.45) is 0. The number of nitrogens with zero attached hydrogens (tertiary/aromatic N) is 2. The van der Waals surface area contributed by atoms with Gasteiger partial charge in [0.25, 0.3) is 0 Å². The maximum Gasteiger partial charge on any atom is 0.248 e. The first kappa shape index (κ1) is 16.2. The molecular weight excluding hydrogens is 290 g/mol. The molecule has 1 aromatic rings. The number of rotatable bonds is 6. The van der Waals surface area contributed by atoms with E-state index >= 15 is 0 Å². The molecule has 1 atom stereocenters. The molecule has 6 nitrogen and oxygen atoms in total. The largest absolute Gasteiger partial charge is 0.395 e. The number of para-hydroxylation sites is 1. The molecule has 0 radical (unpaired) electrons. The molecule has 0 saturated carbocycles. The molecule has 1 heterocycles. The number of benzene rings is 1. The third-order valence-corrected chi connectivity index (χ3v) is 5.54. The van der Waals surface area contributed by atoms with Gasteiger partial charge in [0.1, 0.15) is 5.37 Å². The SMILES string of the molecule is CC(N1CCN(CCO)CC1)S(=O)(=O)Nc1ccccc1. The van der Waals surface area contributed by atoms with Crippen LogP contribution in [0.5, 0.6) is 0 Å². The third kappa shape index (κ3) is 4.41. The van der Waals surface area contributed by atoms with Crippen molar-refractivity contribution in [1.82, 2.24) is 9.80 Å². The Kier molecular flexibility index (Phi) is 5.58. The van der Waals surface area contributed by atoms with Crippen molar-refractivity contribution < 1.29 is 13.5 Å². The summed E-state index contributed by atoms with van der Waals surface area (Å²) < 4.78 is 27.4. The van der Waals surface area contributed by atoms with Crippen LogP contribution in [0, 0.1) is 0 Å². The number of hydrogen-bond acceptors (Lipinski definition) is 5. The number of aliphatic hydroxyl groups excluding tert-OH is 1. The molecule has 21 heavy (non-hydrogen) atoms. The average Bonchev–Trinajstić information content (AvgIpc) is 2.48. The summed E-state index contributed by atoms with van der Waals surface area (Å²) in [6, 6.07) is 8.93. The van der Waals surface area contributed by atoms with E-state index in [0.29, 0.717) is 25.3 Å². The smallest absolute Gasteiger partial charge is 0.248 e. The normalized spacial score (nSPS) is 19.3. The molecule has 7 heteroatoms. The van der Waals surface area contributed by atoms with Crippen LogP contribution in [0.25, 0.3) is 0 Å². The Morgan fingerprint density at radius 3 is 2.38 bits per heavy atom. The van der Waals surface area contributed by atoms with Crippen molar-refractivity contribution in [2.24, 2.45) is 0 Å². The Morgan fingerprint density at radius 1 is 1.19 bits per heavy atom. The van der Waals surface area contributed by atoms with Gasteiger partial charge in [-0.25, -0.2) is 8.42 Å². The van der Waals surface area contributed by atoms with Crippen molar-refractivity contribution in [3.8, 4) is 0 Å². The lowest BCUT2D eigenvalue weighted by molar-refractivity contribution is 0.107. The van der Waals surface area contributed by atoms with Gasteiger partial charge in [0.2, 0.25) is 10.0 Å². The highest BCUT2D eigenvalue weighted by Crippen LogP contribution is 2.15. The summed E-state index contributed by atoms with van der Waals surface area (Å²) in [6.45, 7) is 5.46. The maximum absolute atomic E-state index is 12.4. The number of aliphatic hydroxyl groups is 1. The van der Waals surface area contributed by atoms with E-state index in [0.717, 1.165) is 13.1 Å². The van der Waals surface area contributed by atoms with Gasteiger partial charge in [-0.3, -0.25) is 14.5 Å². The van der Waals surface area contributed by atoms with Crippen LogP contribution in [-0.4, -0.2) is 68.0 Å². The highest BCUT2D eigenvalue weighted by atomic mass is 32.2. The summed E-state index contributed by atoms with van der Waals surface area (Å²) in [4.78, 5) is 4.10. The Bertz CT molecular complexity index is 528. The van der Waals surface area contributed by atoms with Gasteiger partial charge in [-0.05, 0) is 19.1 Å². The highest BCUT2D eigenvalue weighted by molar-refractivity contribution is 7.93. The molecule has 0 aliphatic carbocycles. The molecule has 1 aliphatic heterocycles. The Labute approximate surface area is 126 Å². The van der Waals surface area contributed by atoms with Gasteiger partial charge in [0, 0.05) is 38.4 Å². The van der Waals surface area contributed by atoms with Gasteiger partial charge in [-0.1, -0.05) is 18.2 Å². The van der Waals surface area contributed by atoms with E-state index < -0.39 is 15.4 Å². The van der Waals surface area contributed by atoms with E-state index in [9.17, 15) is 8.42 Å². The van der Waals surface area contributed by atoms with E-state index in [4.69, 9.17) is 5.11 Å². The van der Waals surface area contributed by atoms with Gasteiger partial charge in [0.05, 0.1) is 6.61 Å². The van der Waals surface area contributed by atoms with Crippen LogP contribution in [0.4, 0.5) is 5.69 Å². The van der Waals surface area contributed by atoms with Crippen LogP contribution in [0.15, 0.2) is 30.3 Å². The van der Waals surface area contributed by atoms with Crippen molar-refractivity contribution in [2.75, 3.05) is 44.1 Å². The highest BCUT2D eigenvalue weighted by Gasteiger charge is 2.29. The van der Waals surface area contributed by atoms with E-state index in [-0.39, 0.29) is 6.61 Å². The quantitative estimate of drug-likeness (QED) is 0.794. The predicted molar refractivity (Wildman–Crippen MR) is 83.5 cm³/mol. The summed E-state index contributed by atoms with van der Waals surface area (Å²) >= 11 is 0. The summed E-state index contributed by atoms with van der Waals surface area (Å²) in [5, 5.41) is 8.35. The van der Waals surface area contributed by atoms with E-state index in [1.165, 1.54) is 0 Å². The molecule has 0 aromatic heterocycles. The topological polar surface area (TPSA) is 72.9 Å². The molecule has 0 bridgehead atoms. The molecule has 0 spiro atoms. The van der Waals surface area contributed by atoms with Crippen LogP contribution in [0.1, 0.15) is 6.92 Å². The van der Waals surface area contributed by atoms with E-state index in [1.807, 2.05) is 11.0 Å². The molecule has 1 aliphatic rings. The van der Waals surface area contributed by atoms with Gasteiger partial charge in [-0.15, -0.1) is 0 Å². The molecule has 1 unspecified atom stereocenters. The molecule has 1 fully saturated rings. The second kappa shape index (κ2) is 7.22. The zero-order valence-corrected chi connectivity index (χ0v) is 13.1. The number of anilines is 1. The summed E-state index contributed by atoms with van der Waals surface area (Å²) in [5.41, 5.74) is 0.586. The molecule has 0 amide bonds. The monoisotopic (exact) mass is 313 g/mol. The van der Waals surface area contributed by atoms with Crippen molar-refractivity contribution in [1.29, 1.82) is 0 Å². The molecule has 118 valence electrons. The first-order chi connectivity index (χ1) is 10.0. The third-order valence-electron chi connectivity index (χ3n) is 3.82. The minimum atomic E-state index is -3.43. The number of β-amino-alcohol motifs (C(OH)–C–C–N with tert-alkyl or cyclic N) is 1.